The third kappa shape index (κ3) is 4.53. The summed E-state index contributed by atoms with van der Waals surface area (Å²) < 4.78 is 18.1. The number of rotatable bonds is 4. The van der Waals surface area contributed by atoms with E-state index in [0.717, 1.165) is 54.5 Å². The van der Waals surface area contributed by atoms with Crippen LogP contribution in [0.2, 0.25) is 0 Å². The lowest BCUT2D eigenvalue weighted by Gasteiger charge is -2.23. The molecule has 0 amide bonds. The standard InChI is InChI=1S/C55H38NOP/c1-55(2)48-33-37(25-29-43(48)44-30-26-38(34-49(44)55)42-20-12-14-36-13-6-7-17-41(36)42)35-23-27-39(28-24-35)56-50-21-10-8-19-47(50)53-51(56)32-31-46-45-18-9-11-22-52(45)58(57,54(46)53)40-15-4-3-5-16-40/h3-34H,1-2H3. The van der Waals surface area contributed by atoms with E-state index in [1.54, 1.807) is 0 Å². The molecule has 10 aromatic rings. The summed E-state index contributed by atoms with van der Waals surface area (Å²) in [5.74, 6) is 0. The number of benzene rings is 9. The average molecular weight is 760 g/mol. The zero-order valence-corrected chi connectivity index (χ0v) is 33.2. The fourth-order valence-corrected chi connectivity index (χ4v) is 13.5. The van der Waals surface area contributed by atoms with Crippen LogP contribution < -0.4 is 15.9 Å². The topological polar surface area (TPSA) is 22.0 Å². The van der Waals surface area contributed by atoms with Crippen LogP contribution in [0.15, 0.2) is 194 Å². The summed E-state index contributed by atoms with van der Waals surface area (Å²) >= 11 is 0. The van der Waals surface area contributed by atoms with Crippen molar-refractivity contribution < 1.29 is 4.57 Å². The minimum absolute atomic E-state index is 0.150. The number of hydrogen-bond donors (Lipinski definition) is 0. The van der Waals surface area contributed by atoms with Crippen molar-refractivity contribution in [1.82, 2.24) is 4.57 Å². The van der Waals surface area contributed by atoms with Crippen LogP contribution in [0.25, 0.3) is 82.8 Å². The first-order chi connectivity index (χ1) is 28.4. The minimum atomic E-state index is -3.16. The van der Waals surface area contributed by atoms with Crippen molar-refractivity contribution in [2.24, 2.45) is 0 Å². The van der Waals surface area contributed by atoms with E-state index in [9.17, 15) is 0 Å². The molecule has 2 aliphatic rings. The van der Waals surface area contributed by atoms with Crippen molar-refractivity contribution in [3.8, 4) is 50.2 Å². The van der Waals surface area contributed by atoms with Gasteiger partial charge in [0.05, 0.1) is 11.0 Å². The third-order valence-electron chi connectivity index (χ3n) is 13.0. The summed E-state index contributed by atoms with van der Waals surface area (Å²) in [6, 6.07) is 69.7. The molecular formula is C55H38NOP. The molecule has 3 heteroatoms. The quantitative estimate of drug-likeness (QED) is 0.164. The molecule has 2 nitrogen and oxygen atoms in total. The molecule has 2 heterocycles. The van der Waals surface area contributed by atoms with E-state index in [4.69, 9.17) is 0 Å². The number of fused-ring (bicyclic) bond motifs is 11. The molecule has 1 aromatic heterocycles. The second kappa shape index (κ2) is 12.1. The number of hydrogen-bond acceptors (Lipinski definition) is 1. The molecule has 0 saturated carbocycles. The lowest BCUT2D eigenvalue weighted by molar-refractivity contribution is 0.593. The van der Waals surface area contributed by atoms with Gasteiger partial charge in [0.2, 0.25) is 0 Å². The first kappa shape index (κ1) is 33.4. The SMILES string of the molecule is CC1(C)c2cc(-c3ccc(-n4c5ccccc5c5c6c(ccc54)-c4ccccc4P6(=O)c4ccccc4)cc3)ccc2-c2ccc(-c3cccc4ccccc34)cc21. The van der Waals surface area contributed by atoms with Crippen LogP contribution in [0.5, 0.6) is 0 Å². The first-order valence-corrected chi connectivity index (χ1v) is 21.8. The van der Waals surface area contributed by atoms with Gasteiger partial charge in [0, 0.05) is 37.8 Å². The molecule has 9 aromatic carbocycles. The number of nitrogens with zero attached hydrogens (tertiary/aromatic N) is 1. The predicted octanol–water partition coefficient (Wildman–Crippen LogP) is 13.2. The van der Waals surface area contributed by atoms with Crippen LogP contribution >= 0.6 is 7.14 Å². The number of para-hydroxylation sites is 1. The minimum Gasteiger partial charge on any atom is -0.309 e. The number of aromatic nitrogens is 1. The molecule has 0 bridgehead atoms. The maximum Gasteiger partial charge on any atom is 0.172 e. The molecule has 1 atom stereocenters. The Balaban J connectivity index is 0.955. The van der Waals surface area contributed by atoms with Gasteiger partial charge >= 0.3 is 0 Å². The summed E-state index contributed by atoms with van der Waals surface area (Å²) in [5.41, 5.74) is 15.5. The molecule has 0 saturated heterocycles. The van der Waals surface area contributed by atoms with Gasteiger partial charge in [0.15, 0.2) is 7.14 Å². The summed E-state index contributed by atoms with van der Waals surface area (Å²) in [6.07, 6.45) is 0. The van der Waals surface area contributed by atoms with Crippen molar-refractivity contribution >= 4 is 55.6 Å². The molecule has 1 aliphatic heterocycles. The smallest absolute Gasteiger partial charge is 0.172 e. The first-order valence-electron chi connectivity index (χ1n) is 20.1. The zero-order valence-electron chi connectivity index (χ0n) is 32.3. The van der Waals surface area contributed by atoms with E-state index in [1.165, 1.54) is 55.3 Å². The Hall–Kier alpha value is -6.73. The van der Waals surface area contributed by atoms with Gasteiger partial charge in [0.1, 0.15) is 0 Å². The van der Waals surface area contributed by atoms with Crippen LogP contribution in [-0.2, 0) is 9.98 Å². The Morgan fingerprint density at radius 1 is 0.448 bits per heavy atom. The van der Waals surface area contributed by atoms with Gasteiger partial charge in [0.25, 0.3) is 0 Å². The van der Waals surface area contributed by atoms with E-state index in [-0.39, 0.29) is 5.41 Å². The van der Waals surface area contributed by atoms with Crippen molar-refractivity contribution in [2.75, 3.05) is 0 Å². The molecule has 0 spiro atoms. The van der Waals surface area contributed by atoms with Crippen LogP contribution in [0.1, 0.15) is 25.0 Å². The van der Waals surface area contributed by atoms with Crippen molar-refractivity contribution in [1.29, 1.82) is 0 Å². The highest BCUT2D eigenvalue weighted by Crippen LogP contribution is 2.55. The monoisotopic (exact) mass is 759 g/mol. The molecule has 1 aliphatic carbocycles. The Bertz CT molecular complexity index is 3380. The van der Waals surface area contributed by atoms with Gasteiger partial charge in [-0.15, -0.1) is 0 Å². The Morgan fingerprint density at radius 2 is 1.05 bits per heavy atom. The largest absolute Gasteiger partial charge is 0.309 e. The van der Waals surface area contributed by atoms with Gasteiger partial charge in [-0.05, 0) is 103 Å². The van der Waals surface area contributed by atoms with E-state index >= 15 is 4.57 Å². The van der Waals surface area contributed by atoms with Crippen LogP contribution in [0, 0.1) is 0 Å². The van der Waals surface area contributed by atoms with Gasteiger partial charge in [-0.1, -0.05) is 172 Å². The van der Waals surface area contributed by atoms with Gasteiger partial charge in [-0.3, -0.25) is 0 Å². The lowest BCUT2D eigenvalue weighted by Crippen LogP contribution is -2.21. The average Bonchev–Trinajstić information content (AvgIpc) is 3.84. The normalized spacial score (nSPS) is 16.0. The molecular weight excluding hydrogens is 722 g/mol. The highest BCUT2D eigenvalue weighted by Gasteiger charge is 2.42. The van der Waals surface area contributed by atoms with E-state index < -0.39 is 7.14 Å². The fourth-order valence-electron chi connectivity index (χ4n) is 10.2. The van der Waals surface area contributed by atoms with Crippen molar-refractivity contribution in [2.45, 2.75) is 19.3 Å². The highest BCUT2D eigenvalue weighted by molar-refractivity contribution is 7.86. The van der Waals surface area contributed by atoms with E-state index in [2.05, 4.69) is 176 Å². The van der Waals surface area contributed by atoms with Crippen LogP contribution in [0.3, 0.4) is 0 Å². The molecule has 0 fully saturated rings. The maximum atomic E-state index is 15.8. The Labute approximate surface area is 338 Å². The summed E-state index contributed by atoms with van der Waals surface area (Å²) in [6.45, 7) is 4.73. The predicted molar refractivity (Wildman–Crippen MR) is 245 cm³/mol. The molecule has 58 heavy (non-hydrogen) atoms. The summed E-state index contributed by atoms with van der Waals surface area (Å²) in [5, 5.41) is 7.49. The Kier molecular flexibility index (Phi) is 6.99. The summed E-state index contributed by atoms with van der Waals surface area (Å²) in [4.78, 5) is 0. The van der Waals surface area contributed by atoms with E-state index in [1.807, 2.05) is 36.4 Å². The molecule has 0 N–H and O–H groups in total. The molecule has 274 valence electrons. The van der Waals surface area contributed by atoms with Crippen LogP contribution in [0.4, 0.5) is 0 Å². The van der Waals surface area contributed by atoms with E-state index in [0.29, 0.717) is 0 Å². The maximum absolute atomic E-state index is 15.8. The van der Waals surface area contributed by atoms with Crippen molar-refractivity contribution in [3.05, 3.63) is 205 Å². The van der Waals surface area contributed by atoms with Gasteiger partial charge < -0.3 is 9.13 Å². The second-order valence-corrected chi connectivity index (χ2v) is 19.1. The van der Waals surface area contributed by atoms with Gasteiger partial charge in [-0.25, -0.2) is 0 Å². The highest BCUT2D eigenvalue weighted by atomic mass is 31.2. The summed E-state index contributed by atoms with van der Waals surface area (Å²) in [7, 11) is -3.16. The fraction of sp³-hybridized carbons (Fsp3) is 0.0545. The second-order valence-electron chi connectivity index (χ2n) is 16.4. The molecule has 0 radical (unpaired) electrons. The van der Waals surface area contributed by atoms with Crippen LogP contribution in [-0.4, -0.2) is 4.57 Å². The molecule has 12 rings (SSSR count). The van der Waals surface area contributed by atoms with Gasteiger partial charge in [-0.2, -0.15) is 0 Å². The lowest BCUT2D eigenvalue weighted by atomic mass is 9.80. The van der Waals surface area contributed by atoms with Crippen molar-refractivity contribution in [3.63, 3.8) is 0 Å². The molecule has 1 unspecified atom stereocenters. The zero-order chi connectivity index (χ0) is 38.8. The third-order valence-corrected chi connectivity index (χ3v) is 16.2. The Morgan fingerprint density at radius 3 is 1.86 bits per heavy atom.